The van der Waals surface area contributed by atoms with Crippen LogP contribution in [0.5, 0.6) is 0 Å². The molecule has 9 heteroatoms. The molecule has 0 bridgehead atoms. The van der Waals surface area contributed by atoms with E-state index in [1.54, 1.807) is 19.3 Å². The van der Waals surface area contributed by atoms with E-state index in [9.17, 15) is 4.39 Å². The molecule has 0 unspecified atom stereocenters. The Morgan fingerprint density at radius 1 is 1.25 bits per heavy atom. The number of imidazole rings is 1. The van der Waals surface area contributed by atoms with Crippen molar-refractivity contribution < 1.29 is 8.91 Å². The van der Waals surface area contributed by atoms with E-state index in [1.165, 1.54) is 17.1 Å². The van der Waals surface area contributed by atoms with E-state index >= 15 is 0 Å². The lowest BCUT2D eigenvalue weighted by atomic mass is 9.97. The standard InChI is InChI=1S/C19H22FN7O/c1-10(21)13-8-15-16(17-24-18(28-25-17)19(2,3)4)23-9-26(15)12-6-5-11(20)7-14(12)27(13)22/h5-7,9H,8,21-22H2,1-4H3/b13-10-. The zero-order chi connectivity index (χ0) is 20.2. The fourth-order valence-electron chi connectivity index (χ4n) is 3.17. The summed E-state index contributed by atoms with van der Waals surface area (Å²) < 4.78 is 21.2. The molecule has 0 amide bonds. The van der Waals surface area contributed by atoms with Gasteiger partial charge in [0, 0.05) is 23.6 Å². The van der Waals surface area contributed by atoms with Gasteiger partial charge in [0.1, 0.15) is 17.8 Å². The van der Waals surface area contributed by atoms with Gasteiger partial charge in [-0.15, -0.1) is 0 Å². The predicted octanol–water partition coefficient (Wildman–Crippen LogP) is 2.79. The van der Waals surface area contributed by atoms with Crippen molar-refractivity contribution in [3.63, 3.8) is 0 Å². The molecule has 1 aliphatic rings. The van der Waals surface area contributed by atoms with Crippen LogP contribution in [0.3, 0.4) is 0 Å². The first-order valence-electron chi connectivity index (χ1n) is 8.87. The van der Waals surface area contributed by atoms with Crippen molar-refractivity contribution in [1.29, 1.82) is 0 Å². The summed E-state index contributed by atoms with van der Waals surface area (Å²) in [5.41, 5.74) is 9.52. The van der Waals surface area contributed by atoms with Gasteiger partial charge in [-0.25, -0.2) is 15.2 Å². The third-order valence-corrected chi connectivity index (χ3v) is 4.68. The second-order valence-electron chi connectivity index (χ2n) is 7.89. The van der Waals surface area contributed by atoms with E-state index in [1.807, 2.05) is 25.3 Å². The molecule has 0 aliphatic carbocycles. The maximum atomic E-state index is 13.9. The monoisotopic (exact) mass is 383 g/mol. The number of halogens is 1. The van der Waals surface area contributed by atoms with Gasteiger partial charge in [-0.3, -0.25) is 9.58 Å². The van der Waals surface area contributed by atoms with Gasteiger partial charge in [-0.1, -0.05) is 25.9 Å². The van der Waals surface area contributed by atoms with Crippen LogP contribution in [0, 0.1) is 5.82 Å². The van der Waals surface area contributed by atoms with Gasteiger partial charge in [-0.05, 0) is 19.1 Å². The zero-order valence-corrected chi connectivity index (χ0v) is 16.2. The molecule has 3 heterocycles. The van der Waals surface area contributed by atoms with Crippen LogP contribution >= 0.6 is 0 Å². The quantitative estimate of drug-likeness (QED) is 0.621. The molecule has 0 saturated heterocycles. The second kappa shape index (κ2) is 6.16. The summed E-state index contributed by atoms with van der Waals surface area (Å²) in [6.07, 6.45) is 2.03. The fourth-order valence-corrected chi connectivity index (χ4v) is 3.17. The average molecular weight is 383 g/mol. The summed E-state index contributed by atoms with van der Waals surface area (Å²) >= 11 is 0. The summed E-state index contributed by atoms with van der Waals surface area (Å²) in [4.78, 5) is 9.02. The Labute approximate surface area is 161 Å². The van der Waals surface area contributed by atoms with E-state index in [2.05, 4.69) is 15.1 Å². The van der Waals surface area contributed by atoms with Gasteiger partial charge in [0.05, 0.1) is 22.8 Å². The van der Waals surface area contributed by atoms with Crippen LogP contribution in [0.4, 0.5) is 10.1 Å². The van der Waals surface area contributed by atoms with Crippen LogP contribution < -0.4 is 16.6 Å². The van der Waals surface area contributed by atoms with E-state index in [0.29, 0.717) is 46.6 Å². The largest absolute Gasteiger partial charge is 0.401 e. The normalized spacial score (nSPS) is 15.9. The molecule has 28 heavy (non-hydrogen) atoms. The Balaban J connectivity index is 1.93. The number of allylic oxidation sites excluding steroid dienone is 2. The van der Waals surface area contributed by atoms with Crippen LogP contribution in [-0.2, 0) is 11.8 Å². The first-order valence-corrected chi connectivity index (χ1v) is 8.87. The lowest BCUT2D eigenvalue weighted by Crippen LogP contribution is -2.32. The van der Waals surface area contributed by atoms with Gasteiger partial charge >= 0.3 is 0 Å². The molecule has 2 aromatic heterocycles. The maximum absolute atomic E-state index is 13.9. The minimum Gasteiger partial charge on any atom is -0.401 e. The Hall–Kier alpha value is -3.20. The zero-order valence-electron chi connectivity index (χ0n) is 16.2. The number of hydrazine groups is 1. The van der Waals surface area contributed by atoms with Crippen molar-refractivity contribution in [2.75, 3.05) is 5.01 Å². The number of aromatic nitrogens is 4. The highest BCUT2D eigenvalue weighted by Gasteiger charge is 2.29. The van der Waals surface area contributed by atoms with Crippen molar-refractivity contribution in [3.05, 3.63) is 53.3 Å². The van der Waals surface area contributed by atoms with Crippen molar-refractivity contribution >= 4 is 5.69 Å². The number of fused-ring (bicyclic) bond motifs is 3. The van der Waals surface area contributed by atoms with Crippen LogP contribution in [-0.4, -0.2) is 19.7 Å². The van der Waals surface area contributed by atoms with E-state index in [4.69, 9.17) is 16.1 Å². The topological polar surface area (TPSA) is 112 Å². The molecule has 3 aromatic rings. The number of anilines is 1. The van der Waals surface area contributed by atoms with Gasteiger partial charge in [0.2, 0.25) is 11.7 Å². The second-order valence-corrected chi connectivity index (χ2v) is 7.89. The summed E-state index contributed by atoms with van der Waals surface area (Å²) in [7, 11) is 0. The Bertz CT molecular complexity index is 1090. The highest BCUT2D eigenvalue weighted by molar-refractivity contribution is 5.70. The van der Waals surface area contributed by atoms with Crippen molar-refractivity contribution in [3.8, 4) is 17.2 Å². The average Bonchev–Trinajstić information content (AvgIpc) is 3.23. The fraction of sp³-hybridized carbons (Fsp3) is 0.316. The lowest BCUT2D eigenvalue weighted by Gasteiger charge is -2.22. The van der Waals surface area contributed by atoms with Gasteiger partial charge in [0.25, 0.3) is 0 Å². The summed E-state index contributed by atoms with van der Waals surface area (Å²) in [5.74, 6) is 6.82. The van der Waals surface area contributed by atoms with Crippen molar-refractivity contribution in [1.82, 2.24) is 19.7 Å². The highest BCUT2D eigenvalue weighted by Crippen LogP contribution is 2.36. The molecule has 0 atom stereocenters. The van der Waals surface area contributed by atoms with Crippen LogP contribution in [0.15, 0.2) is 40.4 Å². The molecule has 0 radical (unpaired) electrons. The summed E-state index contributed by atoms with van der Waals surface area (Å²) in [6.45, 7) is 7.74. The molecular formula is C19H22FN7O. The summed E-state index contributed by atoms with van der Waals surface area (Å²) in [5, 5.41) is 5.53. The lowest BCUT2D eigenvalue weighted by molar-refractivity contribution is 0.321. The highest BCUT2D eigenvalue weighted by atomic mass is 19.1. The smallest absolute Gasteiger partial charge is 0.232 e. The third-order valence-electron chi connectivity index (χ3n) is 4.68. The summed E-state index contributed by atoms with van der Waals surface area (Å²) in [6, 6.07) is 4.41. The first kappa shape index (κ1) is 18.2. The molecule has 8 nitrogen and oxygen atoms in total. The number of nitrogens with zero attached hydrogens (tertiary/aromatic N) is 5. The minimum absolute atomic E-state index is 0.279. The van der Waals surface area contributed by atoms with Crippen LogP contribution in [0.25, 0.3) is 17.2 Å². The molecule has 4 N–H and O–H groups in total. The first-order chi connectivity index (χ1) is 13.2. The molecule has 0 fully saturated rings. The van der Waals surface area contributed by atoms with Crippen LogP contribution in [0.1, 0.15) is 39.3 Å². The van der Waals surface area contributed by atoms with Gasteiger partial charge in [-0.2, -0.15) is 4.98 Å². The van der Waals surface area contributed by atoms with Gasteiger partial charge in [0.15, 0.2) is 0 Å². The van der Waals surface area contributed by atoms with Gasteiger partial charge < -0.3 is 10.3 Å². The van der Waals surface area contributed by atoms with Crippen molar-refractivity contribution in [2.24, 2.45) is 11.6 Å². The van der Waals surface area contributed by atoms with E-state index in [0.717, 1.165) is 5.69 Å². The molecule has 4 rings (SSSR count). The molecule has 1 aromatic carbocycles. The number of hydrogen-bond acceptors (Lipinski definition) is 7. The molecular weight excluding hydrogens is 361 g/mol. The third kappa shape index (κ3) is 2.84. The van der Waals surface area contributed by atoms with Crippen molar-refractivity contribution in [2.45, 2.75) is 39.5 Å². The minimum atomic E-state index is -0.389. The van der Waals surface area contributed by atoms with E-state index < -0.39 is 0 Å². The molecule has 0 spiro atoms. The molecule has 1 aliphatic heterocycles. The number of benzene rings is 1. The number of nitrogens with two attached hydrogens (primary N) is 2. The number of rotatable bonds is 1. The maximum Gasteiger partial charge on any atom is 0.232 e. The molecule has 146 valence electrons. The molecule has 0 saturated carbocycles. The Morgan fingerprint density at radius 3 is 2.64 bits per heavy atom. The Kier molecular flexibility index (Phi) is 4.00. The predicted molar refractivity (Wildman–Crippen MR) is 103 cm³/mol. The van der Waals surface area contributed by atoms with Crippen LogP contribution in [0.2, 0.25) is 0 Å². The SMILES string of the molecule is C/C(N)=C1\Cc2c(-c3noc(C(C)(C)C)n3)ncn2-c2ccc(F)cc2N1N. The number of hydrogen-bond donors (Lipinski definition) is 2. The van der Waals surface area contributed by atoms with E-state index in [-0.39, 0.29) is 11.2 Å². The Morgan fingerprint density at radius 2 is 2.00 bits per heavy atom.